The van der Waals surface area contributed by atoms with Crippen LogP contribution in [0.1, 0.15) is 47.1 Å². The van der Waals surface area contributed by atoms with Crippen molar-refractivity contribution in [3.05, 3.63) is 35.4 Å². The van der Waals surface area contributed by atoms with Gasteiger partial charge in [-0.3, -0.25) is 0 Å². The van der Waals surface area contributed by atoms with Crippen LogP contribution in [0.15, 0.2) is 18.2 Å². The first-order chi connectivity index (χ1) is 8.97. The molecular weight excluding hydrogens is 256 g/mol. The molecule has 0 aliphatic rings. The van der Waals surface area contributed by atoms with Crippen LogP contribution in [0.25, 0.3) is 0 Å². The van der Waals surface area contributed by atoms with Crippen LogP contribution in [0.5, 0.6) is 0 Å². The summed E-state index contributed by atoms with van der Waals surface area (Å²) in [6, 6.07) is 3.78. The first-order valence-corrected chi connectivity index (χ1v) is 7.17. The first-order valence-electron chi connectivity index (χ1n) is 7.17. The molecule has 0 radical (unpaired) electrons. The average Bonchev–Trinajstić information content (AvgIpc) is 2.19. The highest BCUT2D eigenvalue weighted by Gasteiger charge is 2.26. The Labute approximate surface area is 121 Å². The van der Waals surface area contributed by atoms with Crippen LogP contribution in [-0.2, 0) is 6.42 Å². The van der Waals surface area contributed by atoms with E-state index in [1.807, 2.05) is 0 Å². The van der Waals surface area contributed by atoms with E-state index in [-0.39, 0.29) is 11.0 Å². The van der Waals surface area contributed by atoms with Gasteiger partial charge in [0.1, 0.15) is 11.6 Å². The predicted molar refractivity (Wildman–Crippen MR) is 80.8 cm³/mol. The molecule has 1 atom stereocenters. The predicted octanol–water partition coefficient (Wildman–Crippen LogP) is 4.56. The van der Waals surface area contributed by atoms with Gasteiger partial charge < -0.3 is 5.32 Å². The quantitative estimate of drug-likeness (QED) is 0.854. The van der Waals surface area contributed by atoms with Gasteiger partial charge in [0.25, 0.3) is 0 Å². The zero-order valence-electron chi connectivity index (χ0n) is 13.5. The Morgan fingerprint density at radius 1 is 0.950 bits per heavy atom. The Bertz CT molecular complexity index is 421. The summed E-state index contributed by atoms with van der Waals surface area (Å²) in [5.74, 6) is -0.698. The van der Waals surface area contributed by atoms with Crippen molar-refractivity contribution in [3.63, 3.8) is 0 Å². The number of halogens is 2. The lowest BCUT2D eigenvalue weighted by Gasteiger charge is -2.34. The van der Waals surface area contributed by atoms with E-state index >= 15 is 0 Å². The summed E-state index contributed by atoms with van der Waals surface area (Å²) in [6.07, 6.45) is 0.668. The Morgan fingerprint density at radius 3 is 1.85 bits per heavy atom. The van der Waals surface area contributed by atoms with Crippen LogP contribution in [0, 0.1) is 23.0 Å². The molecule has 114 valence electrons. The Balaban J connectivity index is 2.84. The molecule has 0 saturated carbocycles. The van der Waals surface area contributed by atoms with E-state index in [9.17, 15) is 8.78 Å². The minimum absolute atomic E-state index is 0.0384. The molecule has 0 amide bonds. The molecule has 0 spiro atoms. The molecule has 1 aromatic rings. The van der Waals surface area contributed by atoms with Gasteiger partial charge in [0.05, 0.1) is 0 Å². The molecule has 0 aliphatic heterocycles. The van der Waals surface area contributed by atoms with Crippen molar-refractivity contribution < 1.29 is 8.78 Å². The molecule has 0 bridgehead atoms. The van der Waals surface area contributed by atoms with Gasteiger partial charge in [0, 0.05) is 11.6 Å². The van der Waals surface area contributed by atoms with Crippen LogP contribution >= 0.6 is 0 Å². The fourth-order valence-corrected chi connectivity index (χ4v) is 2.13. The molecule has 20 heavy (non-hydrogen) atoms. The Morgan fingerprint density at radius 2 is 1.45 bits per heavy atom. The summed E-state index contributed by atoms with van der Waals surface area (Å²) < 4.78 is 26.6. The monoisotopic (exact) mass is 283 g/mol. The number of benzene rings is 1. The van der Waals surface area contributed by atoms with Gasteiger partial charge in [0.2, 0.25) is 0 Å². The molecular formula is C17H27F2N. The van der Waals surface area contributed by atoms with Crippen LogP contribution in [0.4, 0.5) is 8.78 Å². The normalized spacial score (nSPS) is 14.4. The topological polar surface area (TPSA) is 12.0 Å². The molecule has 1 nitrogen and oxygen atoms in total. The van der Waals surface area contributed by atoms with E-state index in [0.717, 1.165) is 18.2 Å². The van der Waals surface area contributed by atoms with Gasteiger partial charge in [-0.25, -0.2) is 8.78 Å². The molecule has 0 aromatic heterocycles. The lowest BCUT2D eigenvalue weighted by molar-refractivity contribution is 0.214. The lowest BCUT2D eigenvalue weighted by Crippen LogP contribution is -2.42. The summed E-state index contributed by atoms with van der Waals surface area (Å²) in [4.78, 5) is 0. The van der Waals surface area contributed by atoms with Crippen LogP contribution in [0.2, 0.25) is 0 Å². The fourth-order valence-electron chi connectivity index (χ4n) is 2.13. The van der Waals surface area contributed by atoms with Crippen molar-refractivity contribution in [2.75, 3.05) is 6.54 Å². The second kappa shape index (κ2) is 6.21. The zero-order chi connectivity index (χ0) is 15.6. The van der Waals surface area contributed by atoms with Gasteiger partial charge >= 0.3 is 0 Å². The molecule has 0 fully saturated rings. The number of rotatable bonds is 4. The highest BCUT2D eigenvalue weighted by molar-refractivity contribution is 5.19. The van der Waals surface area contributed by atoms with Gasteiger partial charge in [0.15, 0.2) is 0 Å². The Kier molecular flexibility index (Phi) is 5.31. The van der Waals surface area contributed by atoms with Gasteiger partial charge in [-0.15, -0.1) is 0 Å². The minimum Gasteiger partial charge on any atom is -0.312 e. The maximum absolute atomic E-state index is 13.3. The van der Waals surface area contributed by atoms with Crippen molar-refractivity contribution in [1.82, 2.24) is 5.32 Å². The summed E-state index contributed by atoms with van der Waals surface area (Å²) >= 11 is 0. The Hall–Kier alpha value is -0.960. The molecule has 0 aliphatic carbocycles. The largest absolute Gasteiger partial charge is 0.312 e. The number of hydrogen-bond donors (Lipinski definition) is 1. The van der Waals surface area contributed by atoms with Gasteiger partial charge in [-0.1, -0.05) is 20.8 Å². The van der Waals surface area contributed by atoms with E-state index in [1.165, 1.54) is 12.1 Å². The van der Waals surface area contributed by atoms with E-state index in [2.05, 4.69) is 46.9 Å². The second-order valence-corrected chi connectivity index (χ2v) is 7.68. The summed E-state index contributed by atoms with van der Waals surface area (Å²) in [5.41, 5.74) is 0.829. The van der Waals surface area contributed by atoms with Crippen molar-refractivity contribution in [2.45, 2.75) is 53.5 Å². The van der Waals surface area contributed by atoms with Crippen molar-refractivity contribution in [1.29, 1.82) is 0 Å². The van der Waals surface area contributed by atoms with Crippen molar-refractivity contribution in [3.8, 4) is 0 Å². The third kappa shape index (κ3) is 6.00. The fraction of sp³-hybridized carbons (Fsp3) is 0.647. The van der Waals surface area contributed by atoms with Gasteiger partial charge in [-0.2, -0.15) is 0 Å². The van der Waals surface area contributed by atoms with E-state index in [0.29, 0.717) is 12.3 Å². The smallest absolute Gasteiger partial charge is 0.126 e. The summed E-state index contributed by atoms with van der Waals surface area (Å²) in [6.45, 7) is 13.7. The maximum atomic E-state index is 13.3. The number of hydrogen-bond acceptors (Lipinski definition) is 1. The third-order valence-electron chi connectivity index (χ3n) is 3.51. The highest BCUT2D eigenvalue weighted by atomic mass is 19.1. The van der Waals surface area contributed by atoms with Crippen LogP contribution in [0.3, 0.4) is 0 Å². The SMILES string of the molecule is CC(C)(C)NCC(Cc1cc(F)cc(F)c1)C(C)(C)C. The van der Waals surface area contributed by atoms with E-state index < -0.39 is 11.6 Å². The summed E-state index contributed by atoms with van der Waals surface area (Å²) in [7, 11) is 0. The molecule has 3 heteroatoms. The van der Waals surface area contributed by atoms with E-state index in [4.69, 9.17) is 0 Å². The molecule has 1 rings (SSSR count). The lowest BCUT2D eigenvalue weighted by atomic mass is 9.77. The number of nitrogens with one attached hydrogen (secondary N) is 1. The molecule has 1 unspecified atom stereocenters. The first kappa shape index (κ1) is 17.1. The molecule has 0 heterocycles. The van der Waals surface area contributed by atoms with Crippen LogP contribution < -0.4 is 5.32 Å². The van der Waals surface area contributed by atoms with Crippen molar-refractivity contribution in [2.24, 2.45) is 11.3 Å². The maximum Gasteiger partial charge on any atom is 0.126 e. The zero-order valence-corrected chi connectivity index (χ0v) is 13.5. The van der Waals surface area contributed by atoms with Crippen LogP contribution in [-0.4, -0.2) is 12.1 Å². The molecule has 0 saturated heterocycles. The molecule has 1 aromatic carbocycles. The van der Waals surface area contributed by atoms with Crippen molar-refractivity contribution >= 4 is 0 Å². The second-order valence-electron chi connectivity index (χ2n) is 7.68. The summed E-state index contributed by atoms with van der Waals surface area (Å²) in [5, 5.41) is 3.49. The third-order valence-corrected chi connectivity index (χ3v) is 3.51. The molecule has 1 N–H and O–H groups in total. The standard InChI is InChI=1S/C17H27F2N/c1-16(2,3)13(11-20-17(4,5)6)7-12-8-14(18)10-15(19)9-12/h8-10,13,20H,7,11H2,1-6H3. The van der Waals surface area contributed by atoms with E-state index in [1.54, 1.807) is 0 Å². The van der Waals surface area contributed by atoms with Gasteiger partial charge in [-0.05, 0) is 62.8 Å². The average molecular weight is 283 g/mol. The minimum atomic E-state index is -0.503. The highest BCUT2D eigenvalue weighted by Crippen LogP contribution is 2.29.